The van der Waals surface area contributed by atoms with Gasteiger partial charge < -0.3 is 19.3 Å². The molecule has 2 aliphatic heterocycles. The number of hydrogen-bond donors (Lipinski definition) is 0. The minimum atomic E-state index is 0.0185. The molecule has 1 unspecified atom stereocenters. The predicted octanol–water partition coefficient (Wildman–Crippen LogP) is 3.69. The Morgan fingerprint density at radius 1 is 1.00 bits per heavy atom. The minimum absolute atomic E-state index is 0.0185. The van der Waals surface area contributed by atoms with Crippen LogP contribution in [-0.2, 0) is 4.79 Å². The molecule has 4 rings (SSSR count). The van der Waals surface area contributed by atoms with E-state index in [1.54, 1.807) is 19.1 Å². The Morgan fingerprint density at radius 3 is 2.44 bits per heavy atom. The fourth-order valence-electron chi connectivity index (χ4n) is 3.71. The van der Waals surface area contributed by atoms with Crippen molar-refractivity contribution in [3.05, 3.63) is 64.8 Å². The zero-order valence-corrected chi connectivity index (χ0v) is 16.1. The molecule has 2 aliphatic rings. The van der Waals surface area contributed by atoms with E-state index >= 15 is 0 Å². The molecule has 0 bridgehead atoms. The van der Waals surface area contributed by atoms with Gasteiger partial charge in [-0.25, -0.2) is 0 Å². The normalized spacial score (nSPS) is 19.0. The van der Waals surface area contributed by atoms with Gasteiger partial charge in [0.15, 0.2) is 11.5 Å². The van der Waals surface area contributed by atoms with Crippen LogP contribution >= 0.6 is 11.6 Å². The van der Waals surface area contributed by atoms with Gasteiger partial charge in [0.05, 0.1) is 19.9 Å². The van der Waals surface area contributed by atoms with Crippen molar-refractivity contribution in [1.29, 1.82) is 0 Å². The van der Waals surface area contributed by atoms with E-state index in [1.165, 1.54) is 5.56 Å². The summed E-state index contributed by atoms with van der Waals surface area (Å²) in [5, 5.41) is 0.720. The number of halogens is 1. The summed E-state index contributed by atoms with van der Waals surface area (Å²) in [5.74, 6) is 1.48. The van der Waals surface area contributed by atoms with E-state index in [0.29, 0.717) is 18.0 Å². The first-order chi connectivity index (χ1) is 13.1. The van der Waals surface area contributed by atoms with Gasteiger partial charge >= 0.3 is 0 Å². The number of piperazine rings is 1. The largest absolute Gasteiger partial charge is 0.493 e. The number of fused-ring (bicyclic) bond motifs is 1. The van der Waals surface area contributed by atoms with Crippen LogP contribution in [0.5, 0.6) is 11.5 Å². The SMILES string of the molecule is COc1ccc(N2CCN3CC(c4ccc(Cl)cc4)C=C3C2=O)cc1OC. The minimum Gasteiger partial charge on any atom is -0.493 e. The first-order valence-corrected chi connectivity index (χ1v) is 9.24. The zero-order valence-electron chi connectivity index (χ0n) is 15.3. The summed E-state index contributed by atoms with van der Waals surface area (Å²) in [6.07, 6.45) is 2.07. The molecule has 0 spiro atoms. The summed E-state index contributed by atoms with van der Waals surface area (Å²) in [7, 11) is 3.19. The molecule has 6 heteroatoms. The molecule has 1 saturated heterocycles. The maximum Gasteiger partial charge on any atom is 0.274 e. The van der Waals surface area contributed by atoms with Gasteiger partial charge in [0.2, 0.25) is 0 Å². The van der Waals surface area contributed by atoms with Crippen LogP contribution in [-0.4, -0.2) is 44.7 Å². The number of anilines is 1. The van der Waals surface area contributed by atoms with Crippen LogP contribution in [0.2, 0.25) is 5.02 Å². The number of rotatable bonds is 4. The van der Waals surface area contributed by atoms with E-state index in [2.05, 4.69) is 11.0 Å². The number of carbonyl (C=O) groups excluding carboxylic acids is 1. The quantitative estimate of drug-likeness (QED) is 0.806. The molecule has 27 heavy (non-hydrogen) atoms. The maximum absolute atomic E-state index is 13.1. The van der Waals surface area contributed by atoms with Crippen LogP contribution in [0.1, 0.15) is 11.5 Å². The van der Waals surface area contributed by atoms with Crippen molar-refractivity contribution in [2.75, 3.05) is 38.8 Å². The lowest BCUT2D eigenvalue weighted by Gasteiger charge is -2.35. The molecule has 0 aromatic heterocycles. The van der Waals surface area contributed by atoms with Crippen molar-refractivity contribution in [3.63, 3.8) is 0 Å². The van der Waals surface area contributed by atoms with Crippen molar-refractivity contribution in [3.8, 4) is 11.5 Å². The molecule has 1 atom stereocenters. The first-order valence-electron chi connectivity index (χ1n) is 8.87. The number of nitrogens with zero attached hydrogens (tertiary/aromatic N) is 2. The second-order valence-corrected chi connectivity index (χ2v) is 7.09. The molecule has 0 aliphatic carbocycles. The van der Waals surface area contributed by atoms with Gasteiger partial charge in [-0.2, -0.15) is 0 Å². The summed E-state index contributed by atoms with van der Waals surface area (Å²) in [6.45, 7) is 2.26. The lowest BCUT2D eigenvalue weighted by atomic mass is 10.0. The average molecular weight is 385 g/mol. The summed E-state index contributed by atoms with van der Waals surface area (Å²) in [6, 6.07) is 13.4. The molecule has 5 nitrogen and oxygen atoms in total. The first kappa shape index (κ1) is 17.7. The zero-order chi connectivity index (χ0) is 19.0. The lowest BCUT2D eigenvalue weighted by molar-refractivity contribution is -0.117. The van der Waals surface area contributed by atoms with Gasteiger partial charge in [-0.1, -0.05) is 23.7 Å². The van der Waals surface area contributed by atoms with Crippen LogP contribution in [0.4, 0.5) is 5.69 Å². The molecular weight excluding hydrogens is 364 g/mol. The molecule has 1 amide bonds. The maximum atomic E-state index is 13.1. The van der Waals surface area contributed by atoms with Crippen LogP contribution in [0, 0.1) is 0 Å². The van der Waals surface area contributed by atoms with Gasteiger partial charge in [-0.3, -0.25) is 4.79 Å². The number of methoxy groups -OCH3 is 2. The van der Waals surface area contributed by atoms with E-state index < -0.39 is 0 Å². The van der Waals surface area contributed by atoms with Gasteiger partial charge in [-0.05, 0) is 35.9 Å². The van der Waals surface area contributed by atoms with Crippen LogP contribution in [0.15, 0.2) is 54.2 Å². The van der Waals surface area contributed by atoms with Crippen molar-refractivity contribution in [1.82, 2.24) is 4.90 Å². The Bertz CT molecular complexity index is 895. The summed E-state index contributed by atoms with van der Waals surface area (Å²) < 4.78 is 10.7. The van der Waals surface area contributed by atoms with E-state index in [9.17, 15) is 4.79 Å². The third-order valence-corrected chi connectivity index (χ3v) is 5.40. The number of benzene rings is 2. The van der Waals surface area contributed by atoms with Crippen molar-refractivity contribution in [2.45, 2.75) is 5.92 Å². The summed E-state index contributed by atoms with van der Waals surface area (Å²) in [5.41, 5.74) is 2.75. The monoisotopic (exact) mass is 384 g/mol. The standard InChI is InChI=1S/C21H21ClN2O3/c1-26-19-8-7-17(12-20(19)27-2)24-10-9-23-13-15(11-18(23)21(24)25)14-3-5-16(22)6-4-14/h3-8,11-12,15H,9-10,13H2,1-2H3. The van der Waals surface area contributed by atoms with Crippen LogP contribution in [0.25, 0.3) is 0 Å². The average Bonchev–Trinajstić information content (AvgIpc) is 3.13. The Hall–Kier alpha value is -2.66. The van der Waals surface area contributed by atoms with E-state index in [0.717, 1.165) is 29.5 Å². The van der Waals surface area contributed by atoms with Gasteiger partial charge in [0.1, 0.15) is 0 Å². The van der Waals surface area contributed by atoms with Gasteiger partial charge in [-0.15, -0.1) is 0 Å². The molecule has 2 heterocycles. The third kappa shape index (κ3) is 3.23. The van der Waals surface area contributed by atoms with Crippen molar-refractivity contribution < 1.29 is 14.3 Å². The second-order valence-electron chi connectivity index (χ2n) is 6.65. The van der Waals surface area contributed by atoms with Gasteiger partial charge in [0, 0.05) is 42.3 Å². The Labute approximate surface area is 163 Å². The molecule has 0 saturated carbocycles. The second kappa shape index (κ2) is 7.16. The number of ether oxygens (including phenoxy) is 2. The topological polar surface area (TPSA) is 42.0 Å². The Morgan fingerprint density at radius 2 is 1.74 bits per heavy atom. The highest BCUT2D eigenvalue weighted by atomic mass is 35.5. The molecular formula is C21H21ClN2O3. The molecule has 2 aromatic rings. The number of amides is 1. The molecule has 0 radical (unpaired) electrons. The number of hydrogen-bond acceptors (Lipinski definition) is 4. The van der Waals surface area contributed by atoms with E-state index in [-0.39, 0.29) is 11.8 Å². The highest BCUT2D eigenvalue weighted by Crippen LogP contribution is 2.36. The Balaban J connectivity index is 1.60. The van der Waals surface area contributed by atoms with Crippen molar-refractivity contribution >= 4 is 23.2 Å². The molecule has 2 aromatic carbocycles. The predicted molar refractivity (Wildman–Crippen MR) is 106 cm³/mol. The molecule has 1 fully saturated rings. The van der Waals surface area contributed by atoms with E-state index in [1.807, 2.05) is 42.5 Å². The summed E-state index contributed by atoms with van der Waals surface area (Å²) in [4.78, 5) is 17.1. The van der Waals surface area contributed by atoms with E-state index in [4.69, 9.17) is 21.1 Å². The van der Waals surface area contributed by atoms with Crippen LogP contribution < -0.4 is 14.4 Å². The third-order valence-electron chi connectivity index (χ3n) is 5.15. The molecule has 0 N–H and O–H groups in total. The molecule has 140 valence electrons. The number of carbonyl (C=O) groups is 1. The smallest absolute Gasteiger partial charge is 0.274 e. The fourth-order valence-corrected chi connectivity index (χ4v) is 3.84. The van der Waals surface area contributed by atoms with Crippen molar-refractivity contribution in [2.24, 2.45) is 0 Å². The summed E-state index contributed by atoms with van der Waals surface area (Å²) >= 11 is 5.99. The highest BCUT2D eigenvalue weighted by molar-refractivity contribution is 6.30. The van der Waals surface area contributed by atoms with Crippen LogP contribution in [0.3, 0.4) is 0 Å². The Kier molecular flexibility index (Phi) is 4.70. The lowest BCUT2D eigenvalue weighted by Crippen LogP contribution is -2.47. The highest BCUT2D eigenvalue weighted by Gasteiger charge is 2.36. The fraction of sp³-hybridized carbons (Fsp3) is 0.286. The van der Waals surface area contributed by atoms with Gasteiger partial charge in [0.25, 0.3) is 5.91 Å².